The molecule has 0 spiro atoms. The Labute approximate surface area is 96.1 Å². The van der Waals surface area contributed by atoms with E-state index < -0.39 is 6.17 Å². The summed E-state index contributed by atoms with van der Waals surface area (Å²) in [6.45, 7) is 1.63. The first-order valence-corrected chi connectivity index (χ1v) is 5.05. The van der Waals surface area contributed by atoms with Gasteiger partial charge < -0.3 is 10.8 Å². The number of phenols is 1. The third-order valence-electron chi connectivity index (χ3n) is 2.25. The summed E-state index contributed by atoms with van der Waals surface area (Å²) in [4.78, 5) is 16.0. The van der Waals surface area contributed by atoms with Crippen molar-refractivity contribution >= 4 is 22.5 Å². The Morgan fingerprint density at radius 1 is 1.56 bits per heavy atom. The second-order valence-electron chi connectivity index (χ2n) is 3.50. The van der Waals surface area contributed by atoms with E-state index in [-0.39, 0.29) is 16.6 Å². The standard InChI is InChI=1S/C10H10ClN3O2/c1-5(12)14-9(16)7-4-6(15)2-3-8(7)13-10(14)11/h2-5,15H,12H2,1H3. The van der Waals surface area contributed by atoms with E-state index in [2.05, 4.69) is 4.98 Å². The van der Waals surface area contributed by atoms with Gasteiger partial charge >= 0.3 is 0 Å². The molecule has 1 heterocycles. The molecule has 2 rings (SSSR count). The molecule has 0 radical (unpaired) electrons. The lowest BCUT2D eigenvalue weighted by Gasteiger charge is -2.12. The number of aromatic nitrogens is 2. The number of phenolic OH excluding ortho intramolecular Hbond substituents is 1. The van der Waals surface area contributed by atoms with Crippen LogP contribution < -0.4 is 11.3 Å². The van der Waals surface area contributed by atoms with Crippen LogP contribution in [-0.4, -0.2) is 14.7 Å². The van der Waals surface area contributed by atoms with Crippen LogP contribution in [0.25, 0.3) is 10.9 Å². The van der Waals surface area contributed by atoms with Gasteiger partial charge in [0, 0.05) is 0 Å². The smallest absolute Gasteiger partial charge is 0.263 e. The molecule has 0 amide bonds. The van der Waals surface area contributed by atoms with Gasteiger partial charge in [-0.3, -0.25) is 9.36 Å². The Balaban J connectivity index is 2.91. The molecular formula is C10H10ClN3O2. The van der Waals surface area contributed by atoms with Crippen LogP contribution in [0.5, 0.6) is 5.75 Å². The maximum absolute atomic E-state index is 12.0. The zero-order valence-electron chi connectivity index (χ0n) is 8.51. The zero-order chi connectivity index (χ0) is 11.9. The van der Waals surface area contributed by atoms with Crippen LogP contribution in [0.1, 0.15) is 13.1 Å². The fraction of sp³-hybridized carbons (Fsp3) is 0.200. The molecule has 0 fully saturated rings. The molecule has 16 heavy (non-hydrogen) atoms. The van der Waals surface area contributed by atoms with E-state index in [1.807, 2.05) is 0 Å². The maximum atomic E-state index is 12.0. The third-order valence-corrected chi connectivity index (χ3v) is 2.51. The highest BCUT2D eigenvalue weighted by atomic mass is 35.5. The number of nitrogens with two attached hydrogens (primary N) is 1. The predicted octanol–water partition coefficient (Wildman–Crippen LogP) is 1.23. The van der Waals surface area contributed by atoms with Crippen LogP contribution in [0.15, 0.2) is 23.0 Å². The molecular weight excluding hydrogens is 230 g/mol. The molecule has 3 N–H and O–H groups in total. The van der Waals surface area contributed by atoms with Gasteiger partial charge in [-0.2, -0.15) is 0 Å². The highest BCUT2D eigenvalue weighted by Crippen LogP contribution is 2.18. The molecule has 0 bridgehead atoms. The predicted molar refractivity (Wildman–Crippen MR) is 61.6 cm³/mol. The van der Waals surface area contributed by atoms with Gasteiger partial charge in [-0.05, 0) is 36.7 Å². The summed E-state index contributed by atoms with van der Waals surface area (Å²) in [5, 5.41) is 9.65. The van der Waals surface area contributed by atoms with Gasteiger partial charge in [-0.25, -0.2) is 4.98 Å². The van der Waals surface area contributed by atoms with Crippen molar-refractivity contribution in [3.8, 4) is 5.75 Å². The van der Waals surface area contributed by atoms with E-state index in [0.717, 1.165) is 0 Å². The summed E-state index contributed by atoms with van der Waals surface area (Å²) in [6, 6.07) is 4.32. The van der Waals surface area contributed by atoms with Gasteiger partial charge in [-0.15, -0.1) is 0 Å². The van der Waals surface area contributed by atoms with Gasteiger partial charge in [0.05, 0.1) is 17.1 Å². The number of nitrogens with zero attached hydrogens (tertiary/aromatic N) is 2. The Hall–Kier alpha value is -1.59. The highest BCUT2D eigenvalue weighted by Gasteiger charge is 2.12. The normalized spacial score (nSPS) is 12.9. The number of halogens is 1. The fourth-order valence-electron chi connectivity index (χ4n) is 1.51. The molecule has 0 saturated heterocycles. The Morgan fingerprint density at radius 2 is 2.25 bits per heavy atom. The number of hydrogen-bond donors (Lipinski definition) is 2. The first-order chi connectivity index (χ1) is 7.50. The van der Waals surface area contributed by atoms with Crippen molar-refractivity contribution in [3.63, 3.8) is 0 Å². The van der Waals surface area contributed by atoms with Crippen LogP contribution in [0.4, 0.5) is 0 Å². The number of hydrogen-bond acceptors (Lipinski definition) is 4. The van der Waals surface area contributed by atoms with Crippen LogP contribution in [-0.2, 0) is 0 Å². The van der Waals surface area contributed by atoms with Crippen molar-refractivity contribution in [2.45, 2.75) is 13.1 Å². The van der Waals surface area contributed by atoms with E-state index >= 15 is 0 Å². The van der Waals surface area contributed by atoms with Crippen molar-refractivity contribution in [1.29, 1.82) is 0 Å². The number of fused-ring (bicyclic) bond motifs is 1. The highest BCUT2D eigenvalue weighted by molar-refractivity contribution is 6.28. The molecule has 84 valence electrons. The largest absolute Gasteiger partial charge is 0.508 e. The molecule has 0 saturated carbocycles. The Morgan fingerprint density at radius 3 is 2.88 bits per heavy atom. The number of aromatic hydroxyl groups is 1. The SMILES string of the molecule is CC(N)n1c(Cl)nc2ccc(O)cc2c1=O. The van der Waals surface area contributed by atoms with Gasteiger partial charge in [-0.1, -0.05) is 0 Å². The summed E-state index contributed by atoms with van der Waals surface area (Å²) in [6.07, 6.45) is -0.570. The quantitative estimate of drug-likeness (QED) is 0.734. The monoisotopic (exact) mass is 239 g/mol. The molecule has 6 heteroatoms. The lowest BCUT2D eigenvalue weighted by molar-refractivity contribution is 0.476. The molecule has 0 aliphatic rings. The lowest BCUT2D eigenvalue weighted by atomic mass is 10.2. The summed E-state index contributed by atoms with van der Waals surface area (Å²) < 4.78 is 1.17. The maximum Gasteiger partial charge on any atom is 0.263 e. The van der Waals surface area contributed by atoms with Crippen molar-refractivity contribution in [3.05, 3.63) is 33.8 Å². The van der Waals surface area contributed by atoms with Crippen molar-refractivity contribution in [2.75, 3.05) is 0 Å². The van der Waals surface area contributed by atoms with Crippen LogP contribution >= 0.6 is 11.6 Å². The minimum Gasteiger partial charge on any atom is -0.508 e. The lowest BCUT2D eigenvalue weighted by Crippen LogP contribution is -2.29. The van der Waals surface area contributed by atoms with Crippen molar-refractivity contribution in [2.24, 2.45) is 5.73 Å². The van der Waals surface area contributed by atoms with E-state index in [4.69, 9.17) is 17.3 Å². The summed E-state index contributed by atoms with van der Waals surface area (Å²) in [5.74, 6) is 0.00458. The second kappa shape index (κ2) is 3.77. The second-order valence-corrected chi connectivity index (χ2v) is 3.84. The number of benzene rings is 1. The van der Waals surface area contributed by atoms with E-state index in [9.17, 15) is 9.90 Å². The Bertz CT molecular complexity index is 607. The van der Waals surface area contributed by atoms with Crippen LogP contribution in [0.2, 0.25) is 5.28 Å². The molecule has 1 aromatic carbocycles. The summed E-state index contributed by atoms with van der Waals surface area (Å²) >= 11 is 5.85. The fourth-order valence-corrected chi connectivity index (χ4v) is 1.83. The summed E-state index contributed by atoms with van der Waals surface area (Å²) in [5.41, 5.74) is 5.70. The van der Waals surface area contributed by atoms with Crippen molar-refractivity contribution in [1.82, 2.24) is 9.55 Å². The van der Waals surface area contributed by atoms with Gasteiger partial charge in [0.1, 0.15) is 5.75 Å². The minimum absolute atomic E-state index is 0.00458. The average molecular weight is 240 g/mol. The minimum atomic E-state index is -0.570. The van der Waals surface area contributed by atoms with Gasteiger partial charge in [0.2, 0.25) is 5.28 Å². The number of rotatable bonds is 1. The third kappa shape index (κ3) is 1.64. The molecule has 2 aromatic rings. The topological polar surface area (TPSA) is 81.1 Å². The van der Waals surface area contributed by atoms with E-state index in [0.29, 0.717) is 10.9 Å². The molecule has 5 nitrogen and oxygen atoms in total. The zero-order valence-corrected chi connectivity index (χ0v) is 9.27. The van der Waals surface area contributed by atoms with Crippen molar-refractivity contribution < 1.29 is 5.11 Å². The van der Waals surface area contributed by atoms with Gasteiger partial charge in [0.25, 0.3) is 5.56 Å². The molecule has 0 aliphatic carbocycles. The molecule has 1 atom stereocenters. The molecule has 0 aliphatic heterocycles. The van der Waals surface area contributed by atoms with Gasteiger partial charge in [0.15, 0.2) is 0 Å². The molecule has 1 unspecified atom stereocenters. The summed E-state index contributed by atoms with van der Waals surface area (Å²) in [7, 11) is 0. The average Bonchev–Trinajstić information content (AvgIpc) is 2.19. The van der Waals surface area contributed by atoms with Crippen LogP contribution in [0.3, 0.4) is 0 Å². The van der Waals surface area contributed by atoms with E-state index in [1.165, 1.54) is 22.8 Å². The molecule has 1 aromatic heterocycles. The van der Waals surface area contributed by atoms with E-state index in [1.54, 1.807) is 6.92 Å². The first-order valence-electron chi connectivity index (χ1n) is 4.67. The first kappa shape index (κ1) is 10.9. The van der Waals surface area contributed by atoms with Crippen LogP contribution in [0, 0.1) is 0 Å². The Kier molecular flexibility index (Phi) is 2.57.